The summed E-state index contributed by atoms with van der Waals surface area (Å²) in [5.41, 5.74) is 0. The van der Waals surface area contributed by atoms with E-state index in [2.05, 4.69) is 0 Å². The Morgan fingerprint density at radius 1 is 1.27 bits per heavy atom. The van der Waals surface area contributed by atoms with E-state index >= 15 is 0 Å². The van der Waals surface area contributed by atoms with Crippen molar-refractivity contribution in [2.75, 3.05) is 13.1 Å². The van der Waals surface area contributed by atoms with E-state index in [0.29, 0.717) is 25.9 Å². The first-order valence-corrected chi connectivity index (χ1v) is 4.93. The average molecular weight is 217 g/mol. The van der Waals surface area contributed by atoms with Gasteiger partial charge in [0.25, 0.3) is 0 Å². The van der Waals surface area contributed by atoms with Crippen LogP contribution in [-0.4, -0.2) is 46.4 Å². The Labute approximate surface area is 87.4 Å². The molecule has 2 N–H and O–H groups in total. The van der Waals surface area contributed by atoms with Crippen LogP contribution < -0.4 is 0 Å². The minimum atomic E-state index is -1.01. The highest BCUT2D eigenvalue weighted by Gasteiger charge is 2.20. The number of piperidine rings is 1. The summed E-state index contributed by atoms with van der Waals surface area (Å²) >= 11 is 0. The van der Waals surface area contributed by atoms with Crippen LogP contribution in [0.15, 0.2) is 0 Å². The number of hydrogen-bond donors (Lipinski definition) is 2. The molecule has 0 aromatic rings. The monoisotopic (exact) mass is 217 g/mol. The number of carbonyl (C=O) groups is 2. The predicted octanol–water partition coefficient (Wildman–Crippen LogP) is -0.234. The number of hydroxylamine groups is 2. The summed E-state index contributed by atoms with van der Waals surface area (Å²) in [6, 6.07) is 0. The Hall–Kier alpha value is -1.14. The van der Waals surface area contributed by atoms with Crippen molar-refractivity contribution in [2.45, 2.75) is 31.8 Å². The molecule has 0 saturated carbocycles. The minimum absolute atomic E-state index is 0.117. The molecule has 6 heteroatoms. The molecule has 1 fully saturated rings. The fourth-order valence-electron chi connectivity index (χ4n) is 1.33. The Morgan fingerprint density at radius 3 is 2.40 bits per heavy atom. The number of aliphatic hydroxyl groups is 1. The molecule has 1 saturated heterocycles. The van der Waals surface area contributed by atoms with Gasteiger partial charge in [0.05, 0.1) is 18.9 Å². The molecule has 0 radical (unpaired) electrons. The summed E-state index contributed by atoms with van der Waals surface area (Å²) in [6.45, 7) is 1.000. The smallest absolute Gasteiger partial charge is 0.325 e. The summed E-state index contributed by atoms with van der Waals surface area (Å²) in [5.74, 6) is -1.55. The molecule has 0 amide bonds. The van der Waals surface area contributed by atoms with Gasteiger partial charge in [0.15, 0.2) is 0 Å². The van der Waals surface area contributed by atoms with Crippen molar-refractivity contribution in [3.05, 3.63) is 0 Å². The summed E-state index contributed by atoms with van der Waals surface area (Å²) < 4.78 is 0. The SMILES string of the molecule is O=C(O)CCC(=O)ON1CCC(O)CC1. The van der Waals surface area contributed by atoms with Crippen molar-refractivity contribution < 1.29 is 24.6 Å². The molecule has 0 bridgehead atoms. The van der Waals surface area contributed by atoms with E-state index in [1.54, 1.807) is 0 Å². The van der Waals surface area contributed by atoms with Crippen LogP contribution in [0.2, 0.25) is 0 Å². The number of hydrogen-bond acceptors (Lipinski definition) is 5. The fourth-order valence-corrected chi connectivity index (χ4v) is 1.33. The fraction of sp³-hybridized carbons (Fsp3) is 0.778. The standard InChI is InChI=1S/C9H15NO5/c11-7-3-5-10(6-4-7)15-9(14)2-1-8(12)13/h7,11H,1-6H2,(H,12,13). The van der Waals surface area contributed by atoms with Gasteiger partial charge < -0.3 is 15.1 Å². The normalized spacial score (nSPS) is 18.7. The third-order valence-corrected chi connectivity index (χ3v) is 2.20. The van der Waals surface area contributed by atoms with E-state index in [0.717, 1.165) is 0 Å². The van der Waals surface area contributed by atoms with Crippen molar-refractivity contribution in [1.29, 1.82) is 0 Å². The highest BCUT2D eigenvalue weighted by Crippen LogP contribution is 2.10. The van der Waals surface area contributed by atoms with E-state index in [1.165, 1.54) is 5.06 Å². The quantitative estimate of drug-likeness (QED) is 0.676. The molecule has 1 aliphatic rings. The lowest BCUT2D eigenvalue weighted by atomic mass is 10.1. The van der Waals surface area contributed by atoms with Crippen molar-refractivity contribution in [3.8, 4) is 0 Å². The zero-order chi connectivity index (χ0) is 11.3. The topological polar surface area (TPSA) is 87.1 Å². The van der Waals surface area contributed by atoms with Crippen molar-refractivity contribution in [3.63, 3.8) is 0 Å². The molecule has 0 aliphatic carbocycles. The lowest BCUT2D eigenvalue weighted by Crippen LogP contribution is -2.37. The molecule has 15 heavy (non-hydrogen) atoms. The van der Waals surface area contributed by atoms with Gasteiger partial charge in [-0.25, -0.2) is 0 Å². The minimum Gasteiger partial charge on any atom is -0.481 e. The largest absolute Gasteiger partial charge is 0.481 e. The van der Waals surface area contributed by atoms with Crippen molar-refractivity contribution >= 4 is 11.9 Å². The molecule has 1 aliphatic heterocycles. The number of rotatable bonds is 4. The summed E-state index contributed by atoms with van der Waals surface area (Å²) in [7, 11) is 0. The molecule has 0 atom stereocenters. The number of carbonyl (C=O) groups excluding carboxylic acids is 1. The Kier molecular flexibility index (Phi) is 4.51. The number of aliphatic carboxylic acids is 1. The van der Waals surface area contributed by atoms with Gasteiger partial charge in [0.2, 0.25) is 0 Å². The van der Waals surface area contributed by atoms with Crippen molar-refractivity contribution in [1.82, 2.24) is 5.06 Å². The average Bonchev–Trinajstić information content (AvgIpc) is 2.19. The molecule has 6 nitrogen and oxygen atoms in total. The maximum atomic E-state index is 11.1. The second kappa shape index (κ2) is 5.67. The first-order chi connectivity index (χ1) is 7.08. The third kappa shape index (κ3) is 4.75. The van der Waals surface area contributed by atoms with Gasteiger partial charge in [0.1, 0.15) is 0 Å². The van der Waals surface area contributed by atoms with E-state index in [-0.39, 0.29) is 18.9 Å². The van der Waals surface area contributed by atoms with E-state index < -0.39 is 11.9 Å². The second-order valence-corrected chi connectivity index (χ2v) is 3.52. The molecule has 0 aromatic heterocycles. The first-order valence-electron chi connectivity index (χ1n) is 4.93. The van der Waals surface area contributed by atoms with Crippen LogP contribution in [-0.2, 0) is 14.4 Å². The molecule has 86 valence electrons. The summed E-state index contributed by atoms with van der Waals surface area (Å²) in [5, 5.41) is 19.0. The Morgan fingerprint density at radius 2 is 1.87 bits per heavy atom. The summed E-state index contributed by atoms with van der Waals surface area (Å²) in [4.78, 5) is 26.2. The van der Waals surface area contributed by atoms with Crippen LogP contribution >= 0.6 is 0 Å². The summed E-state index contributed by atoms with van der Waals surface area (Å²) in [6.07, 6.45) is 0.501. The van der Waals surface area contributed by atoms with Crippen LogP contribution in [0, 0.1) is 0 Å². The molecular weight excluding hydrogens is 202 g/mol. The van der Waals surface area contributed by atoms with Gasteiger partial charge in [-0.1, -0.05) is 0 Å². The molecular formula is C9H15NO5. The Bertz CT molecular complexity index is 235. The first kappa shape index (κ1) is 11.9. The maximum Gasteiger partial charge on any atom is 0.325 e. The Balaban J connectivity index is 2.17. The van der Waals surface area contributed by atoms with E-state index in [1.807, 2.05) is 0 Å². The zero-order valence-electron chi connectivity index (χ0n) is 8.39. The molecule has 0 spiro atoms. The lowest BCUT2D eigenvalue weighted by molar-refractivity contribution is -0.199. The highest BCUT2D eigenvalue weighted by atomic mass is 16.7. The van der Waals surface area contributed by atoms with Gasteiger partial charge >= 0.3 is 11.9 Å². The number of aliphatic hydroxyl groups excluding tert-OH is 1. The second-order valence-electron chi connectivity index (χ2n) is 3.52. The molecule has 1 heterocycles. The number of carboxylic acids is 1. The van der Waals surface area contributed by atoms with Gasteiger partial charge in [-0.2, -0.15) is 0 Å². The molecule has 0 aromatic carbocycles. The van der Waals surface area contributed by atoms with E-state index in [9.17, 15) is 14.7 Å². The van der Waals surface area contributed by atoms with Gasteiger partial charge in [0, 0.05) is 13.1 Å². The van der Waals surface area contributed by atoms with Crippen LogP contribution in [0.25, 0.3) is 0 Å². The zero-order valence-corrected chi connectivity index (χ0v) is 8.39. The number of nitrogens with zero attached hydrogens (tertiary/aromatic N) is 1. The van der Waals surface area contributed by atoms with Crippen LogP contribution in [0.3, 0.4) is 0 Å². The van der Waals surface area contributed by atoms with Crippen LogP contribution in [0.5, 0.6) is 0 Å². The number of carboxylic acid groups (broad SMARTS) is 1. The third-order valence-electron chi connectivity index (χ3n) is 2.20. The predicted molar refractivity (Wildman–Crippen MR) is 49.8 cm³/mol. The van der Waals surface area contributed by atoms with Crippen LogP contribution in [0.1, 0.15) is 25.7 Å². The molecule has 1 rings (SSSR count). The maximum absolute atomic E-state index is 11.1. The molecule has 0 unspecified atom stereocenters. The van der Waals surface area contributed by atoms with Crippen LogP contribution in [0.4, 0.5) is 0 Å². The van der Waals surface area contributed by atoms with Crippen molar-refractivity contribution in [2.24, 2.45) is 0 Å². The van der Waals surface area contributed by atoms with E-state index in [4.69, 9.17) is 9.94 Å². The van der Waals surface area contributed by atoms with Gasteiger partial charge in [-0.15, -0.1) is 5.06 Å². The van der Waals surface area contributed by atoms with Gasteiger partial charge in [-0.05, 0) is 12.8 Å². The highest BCUT2D eigenvalue weighted by molar-refractivity contribution is 5.76. The van der Waals surface area contributed by atoms with Gasteiger partial charge in [-0.3, -0.25) is 9.59 Å². The lowest BCUT2D eigenvalue weighted by Gasteiger charge is -2.27.